The van der Waals surface area contributed by atoms with Crippen molar-refractivity contribution >= 4 is 21.6 Å². The molecule has 1 aliphatic carbocycles. The molecule has 1 fully saturated rings. The van der Waals surface area contributed by atoms with E-state index in [0.29, 0.717) is 6.04 Å². The Morgan fingerprint density at radius 2 is 2.20 bits per heavy atom. The van der Waals surface area contributed by atoms with Crippen molar-refractivity contribution in [3.8, 4) is 0 Å². The second-order valence-corrected chi connectivity index (χ2v) is 5.04. The normalized spacial score (nSPS) is 16.2. The lowest BCUT2D eigenvalue weighted by atomic mass is 9.91. The van der Waals surface area contributed by atoms with Gasteiger partial charge in [-0.2, -0.15) is 0 Å². The third-order valence-corrected chi connectivity index (χ3v) is 3.71. The average molecular weight is 270 g/mol. The molecule has 0 heterocycles. The Balaban J connectivity index is 2.27. The lowest BCUT2D eigenvalue weighted by Gasteiger charge is -2.37. The quantitative estimate of drug-likeness (QED) is 0.912. The van der Waals surface area contributed by atoms with Gasteiger partial charge in [-0.1, -0.05) is 22.0 Å². The van der Waals surface area contributed by atoms with E-state index in [4.69, 9.17) is 0 Å². The van der Waals surface area contributed by atoms with E-state index in [1.807, 2.05) is 12.1 Å². The van der Waals surface area contributed by atoms with Crippen molar-refractivity contribution < 1.29 is 5.11 Å². The summed E-state index contributed by atoms with van der Waals surface area (Å²) in [6.45, 7) is 0.111. The van der Waals surface area contributed by atoms with Gasteiger partial charge in [0.05, 0.1) is 6.61 Å². The molecule has 2 rings (SSSR count). The van der Waals surface area contributed by atoms with Gasteiger partial charge >= 0.3 is 0 Å². The lowest BCUT2D eigenvalue weighted by molar-refractivity contribution is 0.281. The van der Waals surface area contributed by atoms with Crippen molar-refractivity contribution in [2.24, 2.45) is 0 Å². The molecule has 0 bridgehead atoms. The van der Waals surface area contributed by atoms with Crippen molar-refractivity contribution in [1.82, 2.24) is 0 Å². The summed E-state index contributed by atoms with van der Waals surface area (Å²) in [7, 11) is 2.12. The van der Waals surface area contributed by atoms with Gasteiger partial charge in [-0.05, 0) is 31.4 Å². The predicted molar refractivity (Wildman–Crippen MR) is 66.1 cm³/mol. The highest BCUT2D eigenvalue weighted by Gasteiger charge is 2.23. The fourth-order valence-corrected chi connectivity index (χ4v) is 2.32. The fourth-order valence-electron chi connectivity index (χ4n) is 1.97. The Morgan fingerprint density at radius 3 is 2.73 bits per heavy atom. The molecule has 0 amide bonds. The van der Waals surface area contributed by atoms with Crippen LogP contribution in [0.1, 0.15) is 24.8 Å². The first-order chi connectivity index (χ1) is 7.22. The third kappa shape index (κ3) is 2.18. The van der Waals surface area contributed by atoms with E-state index in [9.17, 15) is 5.11 Å². The minimum atomic E-state index is 0.111. The molecule has 0 unspecified atom stereocenters. The second kappa shape index (κ2) is 4.54. The molecule has 1 aromatic carbocycles. The van der Waals surface area contributed by atoms with Crippen LogP contribution in [-0.2, 0) is 6.61 Å². The average Bonchev–Trinajstić information content (AvgIpc) is 2.15. The number of hydrogen-bond acceptors (Lipinski definition) is 2. The molecule has 1 N–H and O–H groups in total. The van der Waals surface area contributed by atoms with Crippen LogP contribution in [0, 0.1) is 0 Å². The molecule has 0 radical (unpaired) electrons. The topological polar surface area (TPSA) is 23.5 Å². The zero-order chi connectivity index (χ0) is 10.8. The molecule has 15 heavy (non-hydrogen) atoms. The van der Waals surface area contributed by atoms with E-state index in [2.05, 4.69) is 33.9 Å². The van der Waals surface area contributed by atoms with E-state index in [-0.39, 0.29) is 6.61 Å². The van der Waals surface area contributed by atoms with E-state index in [1.165, 1.54) is 19.3 Å². The Hall–Kier alpha value is -0.540. The summed E-state index contributed by atoms with van der Waals surface area (Å²) in [5.74, 6) is 0. The zero-order valence-corrected chi connectivity index (χ0v) is 10.5. The summed E-state index contributed by atoms with van der Waals surface area (Å²) in [4.78, 5) is 2.29. The number of halogens is 1. The number of nitrogens with zero attached hydrogens (tertiary/aromatic N) is 1. The minimum Gasteiger partial charge on any atom is -0.392 e. The van der Waals surface area contributed by atoms with Crippen molar-refractivity contribution in [3.63, 3.8) is 0 Å². The van der Waals surface area contributed by atoms with Crippen LogP contribution in [0.25, 0.3) is 0 Å². The Labute approximate surface area is 99.0 Å². The zero-order valence-electron chi connectivity index (χ0n) is 8.91. The smallest absolute Gasteiger partial charge is 0.0702 e. The lowest BCUT2D eigenvalue weighted by Crippen LogP contribution is -2.37. The number of aliphatic hydroxyl groups excluding tert-OH is 1. The van der Waals surface area contributed by atoms with E-state index in [1.54, 1.807) is 0 Å². The van der Waals surface area contributed by atoms with E-state index >= 15 is 0 Å². The molecule has 1 aromatic rings. The van der Waals surface area contributed by atoms with Crippen LogP contribution >= 0.6 is 15.9 Å². The van der Waals surface area contributed by atoms with Gasteiger partial charge in [0.15, 0.2) is 0 Å². The van der Waals surface area contributed by atoms with Crippen LogP contribution in [0.3, 0.4) is 0 Å². The highest BCUT2D eigenvalue weighted by molar-refractivity contribution is 9.10. The molecule has 0 atom stereocenters. The van der Waals surface area contributed by atoms with Gasteiger partial charge < -0.3 is 10.0 Å². The van der Waals surface area contributed by atoms with Crippen molar-refractivity contribution in [3.05, 3.63) is 28.2 Å². The van der Waals surface area contributed by atoms with Gasteiger partial charge in [0.1, 0.15) is 0 Å². The minimum absolute atomic E-state index is 0.111. The highest BCUT2D eigenvalue weighted by atomic mass is 79.9. The number of rotatable bonds is 3. The van der Waals surface area contributed by atoms with Gasteiger partial charge in [0.2, 0.25) is 0 Å². The maximum atomic E-state index is 9.29. The predicted octanol–water partition coefficient (Wildman–Crippen LogP) is 2.93. The van der Waals surface area contributed by atoms with Crippen LogP contribution in [0.5, 0.6) is 0 Å². The van der Waals surface area contributed by atoms with Crippen LogP contribution in [0.2, 0.25) is 0 Å². The molecular formula is C12H16BrNO. The van der Waals surface area contributed by atoms with Gasteiger partial charge in [-0.15, -0.1) is 0 Å². The third-order valence-electron chi connectivity index (χ3n) is 3.22. The van der Waals surface area contributed by atoms with E-state index < -0.39 is 0 Å². The van der Waals surface area contributed by atoms with Crippen molar-refractivity contribution in [1.29, 1.82) is 0 Å². The Bertz CT molecular complexity index is 349. The van der Waals surface area contributed by atoms with Crippen LogP contribution in [0.4, 0.5) is 5.69 Å². The number of benzene rings is 1. The maximum absolute atomic E-state index is 9.29. The standard InChI is InChI=1S/C12H16BrNO/c1-14(11-3-2-4-11)12-7-10(13)6-5-9(12)8-15/h5-7,11,15H,2-4,8H2,1H3. The van der Waals surface area contributed by atoms with Gasteiger partial charge in [-0.25, -0.2) is 0 Å². The van der Waals surface area contributed by atoms with Gasteiger partial charge in [0, 0.05) is 28.8 Å². The molecule has 1 saturated carbocycles. The molecule has 82 valence electrons. The molecular weight excluding hydrogens is 254 g/mol. The van der Waals surface area contributed by atoms with Crippen LogP contribution < -0.4 is 4.90 Å². The number of aliphatic hydroxyl groups is 1. The molecule has 2 nitrogen and oxygen atoms in total. The molecule has 0 spiro atoms. The van der Waals surface area contributed by atoms with E-state index in [0.717, 1.165) is 15.7 Å². The first-order valence-electron chi connectivity index (χ1n) is 5.34. The largest absolute Gasteiger partial charge is 0.392 e. The highest BCUT2D eigenvalue weighted by Crippen LogP contribution is 2.32. The first kappa shape index (κ1) is 11.0. The monoisotopic (exact) mass is 269 g/mol. The summed E-state index contributed by atoms with van der Waals surface area (Å²) in [6.07, 6.45) is 3.87. The second-order valence-electron chi connectivity index (χ2n) is 4.13. The first-order valence-corrected chi connectivity index (χ1v) is 6.14. The van der Waals surface area contributed by atoms with Crippen LogP contribution in [0.15, 0.2) is 22.7 Å². The summed E-state index contributed by atoms with van der Waals surface area (Å²) >= 11 is 3.47. The summed E-state index contributed by atoms with van der Waals surface area (Å²) in [5, 5.41) is 9.29. The molecule has 1 aliphatic rings. The van der Waals surface area contributed by atoms with Gasteiger partial charge in [0.25, 0.3) is 0 Å². The Morgan fingerprint density at radius 1 is 1.47 bits per heavy atom. The molecule has 0 aromatic heterocycles. The molecule has 0 saturated heterocycles. The van der Waals surface area contributed by atoms with Gasteiger partial charge in [-0.3, -0.25) is 0 Å². The van der Waals surface area contributed by atoms with Crippen molar-refractivity contribution in [2.75, 3.05) is 11.9 Å². The number of hydrogen-bond donors (Lipinski definition) is 1. The summed E-state index contributed by atoms with van der Waals surface area (Å²) < 4.78 is 1.07. The fraction of sp³-hybridized carbons (Fsp3) is 0.500. The SMILES string of the molecule is CN(c1cc(Br)ccc1CO)C1CCC1. The van der Waals surface area contributed by atoms with Crippen molar-refractivity contribution in [2.45, 2.75) is 31.9 Å². The van der Waals surface area contributed by atoms with Crippen LogP contribution in [-0.4, -0.2) is 18.2 Å². The maximum Gasteiger partial charge on any atom is 0.0702 e. The Kier molecular flexibility index (Phi) is 3.32. The number of anilines is 1. The summed E-state index contributed by atoms with van der Waals surface area (Å²) in [6, 6.07) is 6.70. The molecule has 0 aliphatic heterocycles. The summed E-state index contributed by atoms with van der Waals surface area (Å²) in [5.41, 5.74) is 2.16. The molecule has 3 heteroatoms.